The molecule has 0 aromatic heterocycles. The van der Waals surface area contributed by atoms with Crippen LogP contribution in [0.3, 0.4) is 0 Å². The van der Waals surface area contributed by atoms with E-state index in [9.17, 15) is 5.11 Å². The first-order valence-electron chi connectivity index (χ1n) is 7.84. The van der Waals surface area contributed by atoms with E-state index in [-0.39, 0.29) is 0 Å². The van der Waals surface area contributed by atoms with Gasteiger partial charge in [0.15, 0.2) is 0 Å². The van der Waals surface area contributed by atoms with Crippen molar-refractivity contribution < 1.29 is 9.84 Å². The Hall–Kier alpha value is -1.06. The highest BCUT2D eigenvalue weighted by Gasteiger charge is 2.16. The molecule has 1 unspecified atom stereocenters. The quantitative estimate of drug-likeness (QED) is 0.866. The molecule has 0 amide bonds. The van der Waals surface area contributed by atoms with E-state index in [4.69, 9.17) is 4.74 Å². The summed E-state index contributed by atoms with van der Waals surface area (Å²) in [5.41, 5.74) is 2.10. The van der Waals surface area contributed by atoms with Crippen molar-refractivity contribution in [1.29, 1.82) is 0 Å². The molecule has 0 radical (unpaired) electrons. The number of aryl methyl sites for hydroxylation is 1. The second-order valence-electron chi connectivity index (χ2n) is 5.68. The van der Waals surface area contributed by atoms with Gasteiger partial charge in [-0.25, -0.2) is 0 Å². The summed E-state index contributed by atoms with van der Waals surface area (Å²) in [6.07, 6.45) is 4.29. The molecule has 0 aliphatic carbocycles. The number of rotatable bonds is 6. The average Bonchev–Trinajstić information content (AvgIpc) is 2.48. The van der Waals surface area contributed by atoms with Crippen LogP contribution in [0.4, 0.5) is 0 Å². The normalized spacial score (nSPS) is 17.9. The molecule has 1 fully saturated rings. The van der Waals surface area contributed by atoms with Gasteiger partial charge in [0.2, 0.25) is 0 Å². The number of hydrogen-bond acceptors (Lipinski definition) is 3. The second-order valence-corrected chi connectivity index (χ2v) is 5.68. The topological polar surface area (TPSA) is 32.7 Å². The van der Waals surface area contributed by atoms with Crippen molar-refractivity contribution in [1.82, 2.24) is 4.90 Å². The van der Waals surface area contributed by atoms with Gasteiger partial charge < -0.3 is 14.7 Å². The maximum Gasteiger partial charge on any atom is 0.125 e. The molecule has 1 aliphatic heterocycles. The van der Waals surface area contributed by atoms with Gasteiger partial charge in [0.1, 0.15) is 5.75 Å². The highest BCUT2D eigenvalue weighted by Crippen LogP contribution is 2.29. The van der Waals surface area contributed by atoms with Crippen LogP contribution in [0.25, 0.3) is 0 Å². The van der Waals surface area contributed by atoms with Crippen LogP contribution < -0.4 is 4.74 Å². The summed E-state index contributed by atoms with van der Waals surface area (Å²) >= 11 is 0. The summed E-state index contributed by atoms with van der Waals surface area (Å²) in [7, 11) is 0. The SMILES string of the molecule is CCOc1ccc(C)cc1C(O)CCN1CCCCC1. The van der Waals surface area contributed by atoms with Gasteiger partial charge in [-0.05, 0) is 58.3 Å². The van der Waals surface area contributed by atoms with Gasteiger partial charge in [-0.1, -0.05) is 18.1 Å². The van der Waals surface area contributed by atoms with E-state index >= 15 is 0 Å². The van der Waals surface area contributed by atoms with Gasteiger partial charge in [0.25, 0.3) is 0 Å². The fourth-order valence-corrected chi connectivity index (χ4v) is 2.86. The molecular formula is C17H27NO2. The van der Waals surface area contributed by atoms with Crippen molar-refractivity contribution in [3.05, 3.63) is 29.3 Å². The maximum atomic E-state index is 10.5. The lowest BCUT2D eigenvalue weighted by atomic mass is 10.0. The van der Waals surface area contributed by atoms with Crippen LogP contribution in [0.5, 0.6) is 5.75 Å². The first-order chi connectivity index (χ1) is 9.70. The van der Waals surface area contributed by atoms with Crippen LogP contribution in [-0.4, -0.2) is 36.2 Å². The zero-order chi connectivity index (χ0) is 14.4. The molecule has 1 saturated heterocycles. The summed E-state index contributed by atoms with van der Waals surface area (Å²) in [6, 6.07) is 6.05. The average molecular weight is 277 g/mol. The van der Waals surface area contributed by atoms with Crippen molar-refractivity contribution in [3.8, 4) is 5.75 Å². The number of aliphatic hydroxyl groups is 1. The summed E-state index contributed by atoms with van der Waals surface area (Å²) in [5.74, 6) is 0.823. The zero-order valence-electron chi connectivity index (χ0n) is 12.8. The van der Waals surface area contributed by atoms with Crippen molar-refractivity contribution in [3.63, 3.8) is 0 Å². The van der Waals surface area contributed by atoms with Crippen LogP contribution in [0.1, 0.15) is 49.8 Å². The van der Waals surface area contributed by atoms with Gasteiger partial charge in [-0.3, -0.25) is 0 Å². The third-order valence-corrected chi connectivity index (χ3v) is 3.99. The Morgan fingerprint density at radius 2 is 2.00 bits per heavy atom. The van der Waals surface area contributed by atoms with E-state index in [1.165, 1.54) is 37.9 Å². The number of likely N-dealkylation sites (tertiary alicyclic amines) is 1. The molecule has 1 aromatic rings. The van der Waals surface area contributed by atoms with Crippen LogP contribution >= 0.6 is 0 Å². The Balaban J connectivity index is 1.96. The molecule has 3 nitrogen and oxygen atoms in total. The van der Waals surface area contributed by atoms with Gasteiger partial charge in [-0.2, -0.15) is 0 Å². The number of benzene rings is 1. The fraction of sp³-hybridized carbons (Fsp3) is 0.647. The van der Waals surface area contributed by atoms with Crippen LogP contribution in [0, 0.1) is 6.92 Å². The Morgan fingerprint density at radius 3 is 2.70 bits per heavy atom. The summed E-state index contributed by atoms with van der Waals surface area (Å²) in [4.78, 5) is 2.46. The van der Waals surface area contributed by atoms with Gasteiger partial charge in [-0.15, -0.1) is 0 Å². The molecule has 0 bridgehead atoms. The first kappa shape index (κ1) is 15.3. The molecule has 1 atom stereocenters. The Labute approximate surface area is 122 Å². The van der Waals surface area contributed by atoms with Gasteiger partial charge >= 0.3 is 0 Å². The molecule has 0 spiro atoms. The molecule has 2 rings (SSSR count). The van der Waals surface area contributed by atoms with E-state index < -0.39 is 6.10 Å². The van der Waals surface area contributed by atoms with E-state index in [0.717, 1.165) is 24.3 Å². The van der Waals surface area contributed by atoms with Crippen LogP contribution in [0.2, 0.25) is 0 Å². The first-order valence-corrected chi connectivity index (χ1v) is 7.84. The van der Waals surface area contributed by atoms with Crippen molar-refractivity contribution >= 4 is 0 Å². The lowest BCUT2D eigenvalue weighted by Gasteiger charge is -2.27. The summed E-state index contributed by atoms with van der Waals surface area (Å²) in [6.45, 7) is 7.99. The number of nitrogens with zero attached hydrogens (tertiary/aromatic N) is 1. The third-order valence-electron chi connectivity index (χ3n) is 3.99. The Bertz CT molecular complexity index is 413. The van der Waals surface area contributed by atoms with Gasteiger partial charge in [0, 0.05) is 12.1 Å². The fourth-order valence-electron chi connectivity index (χ4n) is 2.86. The van der Waals surface area contributed by atoms with E-state index in [1.54, 1.807) is 0 Å². The maximum absolute atomic E-state index is 10.5. The summed E-state index contributed by atoms with van der Waals surface area (Å²) in [5, 5.41) is 10.5. The zero-order valence-corrected chi connectivity index (χ0v) is 12.8. The molecule has 0 saturated carbocycles. The Kier molecular flexibility index (Phi) is 5.86. The van der Waals surface area contributed by atoms with Crippen molar-refractivity contribution in [2.75, 3.05) is 26.2 Å². The molecule has 1 aliphatic rings. The minimum absolute atomic E-state index is 0.432. The minimum atomic E-state index is -0.432. The lowest BCUT2D eigenvalue weighted by Crippen LogP contribution is -2.31. The highest BCUT2D eigenvalue weighted by atomic mass is 16.5. The highest BCUT2D eigenvalue weighted by molar-refractivity contribution is 5.38. The molecule has 3 heteroatoms. The van der Waals surface area contributed by atoms with E-state index in [1.807, 2.05) is 25.1 Å². The predicted octanol–water partition coefficient (Wildman–Crippen LogP) is 3.30. The third kappa shape index (κ3) is 4.22. The van der Waals surface area contributed by atoms with Gasteiger partial charge in [0.05, 0.1) is 12.7 Å². The lowest BCUT2D eigenvalue weighted by molar-refractivity contribution is 0.130. The standard InChI is InChI=1S/C17H27NO2/c1-3-20-17-8-7-14(2)13-15(17)16(19)9-12-18-10-5-4-6-11-18/h7-8,13,16,19H,3-6,9-12H2,1-2H3. The molecular weight excluding hydrogens is 250 g/mol. The van der Waals surface area contributed by atoms with Crippen LogP contribution in [0.15, 0.2) is 18.2 Å². The van der Waals surface area contributed by atoms with E-state index in [2.05, 4.69) is 11.8 Å². The molecule has 1 heterocycles. The van der Waals surface area contributed by atoms with E-state index in [0.29, 0.717) is 6.61 Å². The van der Waals surface area contributed by atoms with Crippen molar-refractivity contribution in [2.24, 2.45) is 0 Å². The molecule has 20 heavy (non-hydrogen) atoms. The molecule has 112 valence electrons. The molecule has 1 aromatic carbocycles. The van der Waals surface area contributed by atoms with Crippen LogP contribution in [-0.2, 0) is 0 Å². The monoisotopic (exact) mass is 277 g/mol. The number of aliphatic hydroxyl groups excluding tert-OH is 1. The predicted molar refractivity (Wildman–Crippen MR) is 82.2 cm³/mol. The largest absolute Gasteiger partial charge is 0.493 e. The number of hydrogen-bond donors (Lipinski definition) is 1. The smallest absolute Gasteiger partial charge is 0.125 e. The number of piperidine rings is 1. The summed E-state index contributed by atoms with van der Waals surface area (Å²) < 4.78 is 5.63. The number of ether oxygens (including phenoxy) is 1. The molecule has 1 N–H and O–H groups in total. The Morgan fingerprint density at radius 1 is 1.25 bits per heavy atom. The minimum Gasteiger partial charge on any atom is -0.493 e. The second kappa shape index (κ2) is 7.65. The van der Waals surface area contributed by atoms with Crippen molar-refractivity contribution in [2.45, 2.75) is 45.6 Å².